The second-order valence-corrected chi connectivity index (χ2v) is 9.55. The van der Waals surface area contributed by atoms with Gasteiger partial charge in [-0.3, -0.25) is 0 Å². The summed E-state index contributed by atoms with van der Waals surface area (Å²) in [6, 6.07) is 8.44. The average Bonchev–Trinajstić information content (AvgIpc) is 3.18. The summed E-state index contributed by atoms with van der Waals surface area (Å²) < 4.78 is 1.09. The normalized spacial score (nSPS) is 16.9. The minimum absolute atomic E-state index is 0.558. The first kappa shape index (κ1) is 20.7. The van der Waals surface area contributed by atoms with Crippen LogP contribution in [0.3, 0.4) is 0 Å². The Balaban J connectivity index is 1.44. The van der Waals surface area contributed by atoms with Crippen molar-refractivity contribution in [2.45, 2.75) is 13.8 Å². The van der Waals surface area contributed by atoms with Crippen LogP contribution in [0.25, 0.3) is 21.3 Å². The molecule has 3 aromatic rings. The monoisotopic (exact) mass is 473 g/mol. The lowest BCUT2D eigenvalue weighted by atomic mass is 10.1. The van der Waals surface area contributed by atoms with Gasteiger partial charge in [-0.2, -0.15) is 0 Å². The second kappa shape index (κ2) is 9.51. The van der Waals surface area contributed by atoms with E-state index in [1.54, 1.807) is 17.7 Å². The number of benzene rings is 1. The van der Waals surface area contributed by atoms with Gasteiger partial charge in [0, 0.05) is 54.7 Å². The van der Waals surface area contributed by atoms with Gasteiger partial charge >= 0.3 is 0 Å². The Labute approximate surface area is 185 Å². The van der Waals surface area contributed by atoms with Crippen LogP contribution in [0.1, 0.15) is 13.8 Å². The maximum absolute atomic E-state index is 4.58. The smallest absolute Gasteiger partial charge is 0.138 e. The zero-order chi connectivity index (χ0) is 20.2. The van der Waals surface area contributed by atoms with Crippen molar-refractivity contribution in [3.05, 3.63) is 40.4 Å². The van der Waals surface area contributed by atoms with E-state index < -0.39 is 0 Å². The minimum atomic E-state index is 0.558. The molecule has 0 aliphatic carbocycles. The van der Waals surface area contributed by atoms with Crippen LogP contribution in [0.5, 0.6) is 0 Å². The van der Waals surface area contributed by atoms with Crippen LogP contribution >= 0.6 is 27.3 Å². The number of hydrogen-bond acceptors (Lipinski definition) is 6. The maximum Gasteiger partial charge on any atom is 0.138 e. The zero-order valence-electron chi connectivity index (χ0n) is 17.1. The standard InChI is InChI=1S/C22H28BrN5S/c1-3-27-8-10-28(11-9-27)13-16(2)12-24-21-20-19(14-29-22(20)26-15-25-21)17-4-6-18(23)7-5-17/h4-7,14-16H,3,8-13H2,1-2H3,(H,24,25,26)/t16-/m1/s1. The molecule has 154 valence electrons. The number of thiophene rings is 1. The van der Waals surface area contributed by atoms with Crippen molar-refractivity contribution in [2.75, 3.05) is 51.1 Å². The summed E-state index contributed by atoms with van der Waals surface area (Å²) in [6.45, 7) is 12.5. The Kier molecular flexibility index (Phi) is 6.80. The van der Waals surface area contributed by atoms with Crippen molar-refractivity contribution >= 4 is 43.3 Å². The van der Waals surface area contributed by atoms with E-state index in [4.69, 9.17) is 0 Å². The van der Waals surface area contributed by atoms with Crippen LogP contribution in [-0.4, -0.2) is 65.6 Å². The van der Waals surface area contributed by atoms with Crippen LogP contribution in [0.15, 0.2) is 40.4 Å². The van der Waals surface area contributed by atoms with E-state index in [0.29, 0.717) is 5.92 Å². The number of aromatic nitrogens is 2. The molecule has 7 heteroatoms. The Hall–Kier alpha value is -1.54. The molecule has 0 amide bonds. The molecule has 1 atom stereocenters. The lowest BCUT2D eigenvalue weighted by Crippen LogP contribution is -2.47. The molecule has 0 saturated carbocycles. The quantitative estimate of drug-likeness (QED) is 0.533. The highest BCUT2D eigenvalue weighted by atomic mass is 79.9. The fraction of sp³-hybridized carbons (Fsp3) is 0.455. The number of piperazine rings is 1. The number of hydrogen-bond donors (Lipinski definition) is 1. The molecule has 1 saturated heterocycles. The summed E-state index contributed by atoms with van der Waals surface area (Å²) >= 11 is 5.20. The maximum atomic E-state index is 4.58. The van der Waals surface area contributed by atoms with Crippen LogP contribution in [0.4, 0.5) is 5.82 Å². The molecular formula is C22H28BrN5S. The van der Waals surface area contributed by atoms with Gasteiger partial charge in [0.2, 0.25) is 0 Å². The minimum Gasteiger partial charge on any atom is -0.369 e. The molecule has 1 fully saturated rings. The van der Waals surface area contributed by atoms with Crippen molar-refractivity contribution in [3.63, 3.8) is 0 Å². The summed E-state index contributed by atoms with van der Waals surface area (Å²) in [5.74, 6) is 1.50. The highest BCUT2D eigenvalue weighted by molar-refractivity contribution is 9.10. The molecule has 0 spiro atoms. The molecule has 0 bridgehead atoms. The van der Waals surface area contributed by atoms with Crippen LogP contribution in [-0.2, 0) is 0 Å². The van der Waals surface area contributed by atoms with Gasteiger partial charge in [0.15, 0.2) is 0 Å². The van der Waals surface area contributed by atoms with Gasteiger partial charge in [0.1, 0.15) is 17.0 Å². The molecule has 3 heterocycles. The lowest BCUT2D eigenvalue weighted by molar-refractivity contribution is 0.126. The second-order valence-electron chi connectivity index (χ2n) is 7.78. The summed E-state index contributed by atoms with van der Waals surface area (Å²) in [5.41, 5.74) is 2.39. The van der Waals surface area contributed by atoms with Crippen molar-refractivity contribution in [1.82, 2.24) is 19.8 Å². The van der Waals surface area contributed by atoms with E-state index in [1.807, 2.05) is 0 Å². The molecule has 2 aromatic heterocycles. The molecule has 0 radical (unpaired) electrons. The number of rotatable bonds is 7. The van der Waals surface area contributed by atoms with Crippen molar-refractivity contribution in [1.29, 1.82) is 0 Å². The molecule has 0 unspecified atom stereocenters. The molecule has 1 aliphatic heterocycles. The van der Waals surface area contributed by atoms with Gasteiger partial charge in [0.25, 0.3) is 0 Å². The predicted octanol–water partition coefficient (Wildman–Crippen LogP) is 4.81. The third-order valence-electron chi connectivity index (χ3n) is 5.63. The molecule has 4 rings (SSSR count). The summed E-state index contributed by atoms with van der Waals surface area (Å²) in [6.07, 6.45) is 1.67. The van der Waals surface area contributed by atoms with Gasteiger partial charge in [-0.05, 0) is 30.2 Å². The Morgan fingerprint density at radius 2 is 1.83 bits per heavy atom. The molecule has 1 N–H and O–H groups in total. The van der Waals surface area contributed by atoms with Crippen LogP contribution < -0.4 is 5.32 Å². The first-order valence-electron chi connectivity index (χ1n) is 10.3. The number of halogens is 1. The van der Waals surface area contributed by atoms with Crippen molar-refractivity contribution < 1.29 is 0 Å². The van der Waals surface area contributed by atoms with E-state index in [9.17, 15) is 0 Å². The molecule has 1 aromatic carbocycles. The number of nitrogens with zero attached hydrogens (tertiary/aromatic N) is 4. The van der Waals surface area contributed by atoms with Gasteiger partial charge in [-0.15, -0.1) is 11.3 Å². The topological polar surface area (TPSA) is 44.3 Å². The molecule has 29 heavy (non-hydrogen) atoms. The fourth-order valence-corrected chi connectivity index (χ4v) is 5.10. The molecule has 5 nitrogen and oxygen atoms in total. The van der Waals surface area contributed by atoms with Crippen molar-refractivity contribution in [2.24, 2.45) is 5.92 Å². The zero-order valence-corrected chi connectivity index (χ0v) is 19.5. The van der Waals surface area contributed by atoms with E-state index in [-0.39, 0.29) is 0 Å². The number of nitrogens with one attached hydrogen (secondary N) is 1. The van der Waals surface area contributed by atoms with Gasteiger partial charge in [-0.1, -0.05) is 41.9 Å². The third kappa shape index (κ3) is 4.97. The van der Waals surface area contributed by atoms with E-state index in [2.05, 4.69) is 84.5 Å². The highest BCUT2D eigenvalue weighted by Gasteiger charge is 2.18. The summed E-state index contributed by atoms with van der Waals surface area (Å²) in [4.78, 5) is 15.2. The van der Waals surface area contributed by atoms with Crippen LogP contribution in [0.2, 0.25) is 0 Å². The van der Waals surface area contributed by atoms with Gasteiger partial charge in [0.05, 0.1) is 5.39 Å². The summed E-state index contributed by atoms with van der Waals surface area (Å²) in [7, 11) is 0. The predicted molar refractivity (Wildman–Crippen MR) is 127 cm³/mol. The SMILES string of the molecule is CCN1CCN(C[C@H](C)CNc2ncnc3scc(-c4ccc(Br)cc4)c23)CC1. The van der Waals surface area contributed by atoms with E-state index in [1.165, 1.54) is 37.3 Å². The number of fused-ring (bicyclic) bond motifs is 1. The summed E-state index contributed by atoms with van der Waals surface area (Å²) in [5, 5.41) is 6.93. The molecular weight excluding hydrogens is 446 g/mol. The Morgan fingerprint density at radius 3 is 2.55 bits per heavy atom. The fourth-order valence-electron chi connectivity index (χ4n) is 3.92. The van der Waals surface area contributed by atoms with E-state index >= 15 is 0 Å². The Bertz CT molecular complexity index is 934. The average molecular weight is 474 g/mol. The van der Waals surface area contributed by atoms with Gasteiger partial charge < -0.3 is 15.1 Å². The number of likely N-dealkylation sites (N-methyl/N-ethyl adjacent to an activating group) is 1. The lowest BCUT2D eigenvalue weighted by Gasteiger charge is -2.35. The third-order valence-corrected chi connectivity index (χ3v) is 7.04. The van der Waals surface area contributed by atoms with Crippen molar-refractivity contribution in [3.8, 4) is 11.1 Å². The first-order valence-corrected chi connectivity index (χ1v) is 12.0. The first-order chi connectivity index (χ1) is 14.1. The van der Waals surface area contributed by atoms with Gasteiger partial charge in [-0.25, -0.2) is 9.97 Å². The van der Waals surface area contributed by atoms with Crippen LogP contribution in [0, 0.1) is 5.92 Å². The largest absolute Gasteiger partial charge is 0.369 e. The Morgan fingerprint density at radius 1 is 1.10 bits per heavy atom. The molecule has 1 aliphatic rings. The highest BCUT2D eigenvalue weighted by Crippen LogP contribution is 2.36. The van der Waals surface area contributed by atoms with E-state index in [0.717, 1.165) is 40.1 Å². The number of anilines is 1.